The van der Waals surface area contributed by atoms with Crippen molar-refractivity contribution in [3.63, 3.8) is 0 Å². The lowest BCUT2D eigenvalue weighted by atomic mass is 10.1. The average Bonchev–Trinajstić information content (AvgIpc) is 2.31. The summed E-state index contributed by atoms with van der Waals surface area (Å²) >= 11 is 5.87. The van der Waals surface area contributed by atoms with E-state index >= 15 is 0 Å². The molecule has 0 saturated carbocycles. The molecule has 0 saturated heterocycles. The molecule has 0 unspecified atom stereocenters. The normalized spacial score (nSPS) is 11.1. The number of H-pyrrole nitrogens is 1. The van der Waals surface area contributed by atoms with E-state index in [9.17, 15) is 4.79 Å². The molecule has 2 heterocycles. The molecule has 0 aliphatic carbocycles. The van der Waals surface area contributed by atoms with Gasteiger partial charge in [-0.3, -0.25) is 4.79 Å². The van der Waals surface area contributed by atoms with Gasteiger partial charge in [-0.05, 0) is 30.3 Å². The van der Waals surface area contributed by atoms with Gasteiger partial charge in [0.25, 0.3) is 0 Å². The smallest absolute Gasteiger partial charge is 0.198 e. The minimum atomic E-state index is -0.0423. The first kappa shape index (κ1) is 9.36. The highest BCUT2D eigenvalue weighted by atomic mass is 35.5. The number of hydrogen-bond donors (Lipinski definition) is 1. The van der Waals surface area contributed by atoms with E-state index in [0.717, 1.165) is 5.52 Å². The number of rotatable bonds is 0. The zero-order valence-electron chi connectivity index (χ0n) is 8.20. The summed E-state index contributed by atoms with van der Waals surface area (Å²) in [5.74, 6) is 0. The molecule has 0 radical (unpaired) electrons. The number of aromatic nitrogens is 2. The summed E-state index contributed by atoms with van der Waals surface area (Å²) in [5, 5.41) is 1.73. The van der Waals surface area contributed by atoms with Crippen molar-refractivity contribution in [2.75, 3.05) is 0 Å². The van der Waals surface area contributed by atoms with Gasteiger partial charge in [-0.15, -0.1) is 0 Å². The third-order valence-electron chi connectivity index (χ3n) is 2.53. The molecule has 2 aromatic heterocycles. The minimum absolute atomic E-state index is 0.0423. The zero-order chi connectivity index (χ0) is 11.1. The number of nitrogens with one attached hydrogen (secondary N) is 1. The van der Waals surface area contributed by atoms with Crippen LogP contribution in [0.3, 0.4) is 0 Å². The highest BCUT2D eigenvalue weighted by Crippen LogP contribution is 2.17. The number of halogens is 1. The van der Waals surface area contributed by atoms with Gasteiger partial charge in [0, 0.05) is 16.6 Å². The monoisotopic (exact) mass is 230 g/mol. The predicted octanol–water partition coefficient (Wildman–Crippen LogP) is 2.73. The van der Waals surface area contributed by atoms with E-state index < -0.39 is 0 Å². The maximum absolute atomic E-state index is 12.1. The Labute approximate surface area is 95.7 Å². The topological polar surface area (TPSA) is 45.8 Å². The van der Waals surface area contributed by atoms with Crippen molar-refractivity contribution in [1.82, 2.24) is 9.97 Å². The van der Waals surface area contributed by atoms with Crippen molar-refractivity contribution >= 4 is 33.5 Å². The largest absolute Gasteiger partial charge is 0.339 e. The molecular weight excluding hydrogens is 224 g/mol. The highest BCUT2D eigenvalue weighted by Gasteiger charge is 2.05. The van der Waals surface area contributed by atoms with Crippen molar-refractivity contribution in [3.05, 3.63) is 51.8 Å². The Morgan fingerprint density at radius 3 is 2.94 bits per heavy atom. The van der Waals surface area contributed by atoms with Gasteiger partial charge < -0.3 is 4.98 Å². The molecule has 0 aliphatic heterocycles. The number of nitrogens with zero attached hydrogens (tertiary/aromatic N) is 1. The Kier molecular flexibility index (Phi) is 1.94. The second kappa shape index (κ2) is 3.32. The molecule has 0 fully saturated rings. The molecule has 1 N–H and O–H groups in total. The van der Waals surface area contributed by atoms with E-state index in [1.54, 1.807) is 36.5 Å². The quantitative estimate of drug-likeness (QED) is 0.604. The Balaban J connectivity index is 2.61. The summed E-state index contributed by atoms with van der Waals surface area (Å²) in [7, 11) is 0. The highest BCUT2D eigenvalue weighted by molar-refractivity contribution is 6.31. The number of aromatic amines is 1. The van der Waals surface area contributed by atoms with Crippen LogP contribution in [0, 0.1) is 0 Å². The summed E-state index contributed by atoms with van der Waals surface area (Å²) in [6, 6.07) is 8.69. The van der Waals surface area contributed by atoms with E-state index in [-0.39, 0.29) is 5.43 Å². The van der Waals surface area contributed by atoms with E-state index in [4.69, 9.17) is 11.6 Å². The summed E-state index contributed by atoms with van der Waals surface area (Å²) in [4.78, 5) is 19.4. The van der Waals surface area contributed by atoms with E-state index in [1.807, 2.05) is 0 Å². The molecule has 0 atom stereocenters. The summed E-state index contributed by atoms with van der Waals surface area (Å²) in [6.45, 7) is 0. The van der Waals surface area contributed by atoms with Gasteiger partial charge >= 0.3 is 0 Å². The van der Waals surface area contributed by atoms with E-state index in [0.29, 0.717) is 21.4 Å². The summed E-state index contributed by atoms with van der Waals surface area (Å²) < 4.78 is 0. The molecule has 3 nitrogen and oxygen atoms in total. The minimum Gasteiger partial charge on any atom is -0.339 e. The van der Waals surface area contributed by atoms with Crippen molar-refractivity contribution in [2.24, 2.45) is 0 Å². The lowest BCUT2D eigenvalue weighted by molar-refractivity contribution is 1.32. The van der Waals surface area contributed by atoms with Crippen LogP contribution in [-0.4, -0.2) is 9.97 Å². The standard InChI is InChI=1S/C12H7ClN2O/c13-7-3-4-10-9(6-7)11(16)8-2-1-5-14-12(8)15-10/h1-6H,(H,14,15,16). The van der Waals surface area contributed by atoms with Crippen molar-refractivity contribution in [3.8, 4) is 0 Å². The fourth-order valence-electron chi connectivity index (χ4n) is 1.77. The lowest BCUT2D eigenvalue weighted by Crippen LogP contribution is -2.04. The van der Waals surface area contributed by atoms with E-state index in [1.165, 1.54) is 0 Å². The summed E-state index contributed by atoms with van der Waals surface area (Å²) in [6.07, 6.45) is 1.65. The first-order valence-corrected chi connectivity index (χ1v) is 5.20. The van der Waals surface area contributed by atoms with Gasteiger partial charge in [-0.2, -0.15) is 0 Å². The molecule has 0 amide bonds. The molecule has 0 aliphatic rings. The molecule has 0 spiro atoms. The van der Waals surface area contributed by atoms with Gasteiger partial charge in [-0.1, -0.05) is 11.6 Å². The molecule has 3 aromatic rings. The maximum atomic E-state index is 12.1. The number of fused-ring (bicyclic) bond motifs is 2. The molecule has 16 heavy (non-hydrogen) atoms. The molecule has 3 rings (SSSR count). The molecule has 4 heteroatoms. The van der Waals surface area contributed by atoms with Gasteiger partial charge in [0.1, 0.15) is 5.65 Å². The maximum Gasteiger partial charge on any atom is 0.198 e. The first-order chi connectivity index (χ1) is 7.75. The van der Waals surface area contributed by atoms with Gasteiger partial charge in [0.15, 0.2) is 5.43 Å². The van der Waals surface area contributed by atoms with Crippen LogP contribution in [0.25, 0.3) is 21.9 Å². The van der Waals surface area contributed by atoms with Gasteiger partial charge in [0.2, 0.25) is 0 Å². The van der Waals surface area contributed by atoms with Gasteiger partial charge in [0.05, 0.1) is 10.9 Å². The van der Waals surface area contributed by atoms with Crippen LogP contribution in [0.1, 0.15) is 0 Å². The Hall–Kier alpha value is -1.87. The summed E-state index contributed by atoms with van der Waals surface area (Å²) in [5.41, 5.74) is 1.31. The molecule has 1 aromatic carbocycles. The zero-order valence-corrected chi connectivity index (χ0v) is 8.95. The fraction of sp³-hybridized carbons (Fsp3) is 0. The fourth-order valence-corrected chi connectivity index (χ4v) is 1.95. The third-order valence-corrected chi connectivity index (χ3v) is 2.77. The average molecular weight is 231 g/mol. The van der Waals surface area contributed by atoms with Crippen LogP contribution in [0.5, 0.6) is 0 Å². The van der Waals surface area contributed by atoms with E-state index in [2.05, 4.69) is 9.97 Å². The second-order valence-corrected chi connectivity index (χ2v) is 3.98. The lowest BCUT2D eigenvalue weighted by Gasteiger charge is -2.01. The number of pyridine rings is 2. The van der Waals surface area contributed by atoms with Crippen LogP contribution in [0.2, 0.25) is 5.02 Å². The number of hydrogen-bond acceptors (Lipinski definition) is 2. The molecule has 78 valence electrons. The molecule has 0 bridgehead atoms. The van der Waals surface area contributed by atoms with Crippen LogP contribution in [0.15, 0.2) is 41.3 Å². The Morgan fingerprint density at radius 2 is 2.06 bits per heavy atom. The van der Waals surface area contributed by atoms with Crippen molar-refractivity contribution < 1.29 is 0 Å². The molecular formula is C12H7ClN2O. The van der Waals surface area contributed by atoms with Crippen molar-refractivity contribution in [2.45, 2.75) is 0 Å². The Morgan fingerprint density at radius 1 is 1.19 bits per heavy atom. The van der Waals surface area contributed by atoms with Crippen molar-refractivity contribution in [1.29, 1.82) is 0 Å². The van der Waals surface area contributed by atoms with Gasteiger partial charge in [-0.25, -0.2) is 4.98 Å². The van der Waals surface area contributed by atoms with Crippen LogP contribution in [-0.2, 0) is 0 Å². The van der Waals surface area contributed by atoms with Crippen LogP contribution in [0.4, 0.5) is 0 Å². The Bertz CT molecular complexity index is 749. The van der Waals surface area contributed by atoms with Crippen LogP contribution < -0.4 is 5.43 Å². The number of benzene rings is 1. The third kappa shape index (κ3) is 1.29. The second-order valence-electron chi connectivity index (χ2n) is 3.54. The SMILES string of the molecule is O=c1c2cc(Cl)ccc2[nH]c2ncccc12. The first-order valence-electron chi connectivity index (χ1n) is 4.82. The predicted molar refractivity (Wildman–Crippen MR) is 64.9 cm³/mol. The van der Waals surface area contributed by atoms with Crippen LogP contribution >= 0.6 is 11.6 Å².